The lowest BCUT2D eigenvalue weighted by molar-refractivity contribution is 0.111. The molecule has 1 fully saturated rings. The molecule has 6 heteroatoms. The van der Waals surface area contributed by atoms with Gasteiger partial charge in [0, 0.05) is 48.5 Å². The van der Waals surface area contributed by atoms with Gasteiger partial charge < -0.3 is 9.80 Å². The molecule has 1 saturated heterocycles. The molecular weight excluding hydrogens is 372 g/mol. The number of anilines is 1. The number of allylic oxidation sites excluding steroid dienone is 5. The highest BCUT2D eigenvalue weighted by Crippen LogP contribution is 2.23. The van der Waals surface area contributed by atoms with Crippen LogP contribution >= 0.6 is 11.6 Å². The van der Waals surface area contributed by atoms with Gasteiger partial charge in [-0.05, 0) is 36.8 Å². The number of carbonyl (C=O) groups is 1. The topological polar surface area (TPSA) is 49.3 Å². The second-order valence-corrected chi connectivity index (χ2v) is 7.16. The van der Waals surface area contributed by atoms with Crippen LogP contribution in [0.15, 0.2) is 66.4 Å². The number of halogens is 1. The Hall–Kier alpha value is -2.92. The van der Waals surface area contributed by atoms with Gasteiger partial charge in [-0.2, -0.15) is 0 Å². The van der Waals surface area contributed by atoms with Crippen LogP contribution in [0.25, 0.3) is 11.4 Å². The Morgan fingerprint density at radius 1 is 0.964 bits per heavy atom. The summed E-state index contributed by atoms with van der Waals surface area (Å²) in [7, 11) is 0. The lowest BCUT2D eigenvalue weighted by Gasteiger charge is -2.37. The van der Waals surface area contributed by atoms with E-state index in [0.717, 1.165) is 50.3 Å². The zero-order chi connectivity index (χ0) is 19.3. The van der Waals surface area contributed by atoms with Crippen LogP contribution in [0.3, 0.4) is 0 Å². The van der Waals surface area contributed by atoms with E-state index in [1.165, 1.54) is 5.70 Å². The smallest absolute Gasteiger partial charge is 0.168 e. The second-order valence-electron chi connectivity index (χ2n) is 6.73. The fourth-order valence-electron chi connectivity index (χ4n) is 3.40. The standard InChI is InChI=1S/C22H21ClN4O/c23-18-9-7-17(8-10-18)22-24-19(16-28)15-21(25-22)27-13-11-26(12-14-27)20-5-3-1-2-4-6-20/h1-3,5-10,15-16H,4,11-14H2. The normalized spacial score (nSPS) is 16.7. The van der Waals surface area contributed by atoms with Gasteiger partial charge in [0.05, 0.1) is 0 Å². The van der Waals surface area contributed by atoms with Crippen LogP contribution in [0.5, 0.6) is 0 Å². The van der Waals surface area contributed by atoms with Crippen molar-refractivity contribution in [3.8, 4) is 11.4 Å². The monoisotopic (exact) mass is 392 g/mol. The SMILES string of the molecule is O=Cc1cc(N2CCN(C3=CCC=CC=C3)CC2)nc(-c2ccc(Cl)cc2)n1. The lowest BCUT2D eigenvalue weighted by atomic mass is 10.2. The highest BCUT2D eigenvalue weighted by molar-refractivity contribution is 6.30. The summed E-state index contributed by atoms with van der Waals surface area (Å²) >= 11 is 5.98. The molecule has 2 aromatic rings. The molecule has 0 saturated carbocycles. The molecule has 28 heavy (non-hydrogen) atoms. The summed E-state index contributed by atoms with van der Waals surface area (Å²) in [5, 5.41) is 0.656. The highest BCUT2D eigenvalue weighted by Gasteiger charge is 2.20. The van der Waals surface area contributed by atoms with Crippen LogP contribution in [-0.4, -0.2) is 47.3 Å². The van der Waals surface area contributed by atoms with Gasteiger partial charge in [0.1, 0.15) is 11.5 Å². The average molecular weight is 393 g/mol. The lowest BCUT2D eigenvalue weighted by Crippen LogP contribution is -2.46. The number of aromatic nitrogens is 2. The van der Waals surface area contributed by atoms with E-state index in [0.29, 0.717) is 16.5 Å². The van der Waals surface area contributed by atoms with Gasteiger partial charge in [0.2, 0.25) is 0 Å². The summed E-state index contributed by atoms with van der Waals surface area (Å²) in [5.41, 5.74) is 2.50. The number of hydrogen-bond acceptors (Lipinski definition) is 5. The third kappa shape index (κ3) is 4.15. The van der Waals surface area contributed by atoms with Crippen LogP contribution in [0, 0.1) is 0 Å². The minimum Gasteiger partial charge on any atom is -0.368 e. The van der Waals surface area contributed by atoms with Gasteiger partial charge in [-0.1, -0.05) is 35.9 Å². The van der Waals surface area contributed by atoms with Gasteiger partial charge in [0.15, 0.2) is 12.1 Å². The van der Waals surface area contributed by atoms with Crippen LogP contribution in [-0.2, 0) is 0 Å². The largest absolute Gasteiger partial charge is 0.368 e. The van der Waals surface area contributed by atoms with Crippen LogP contribution < -0.4 is 4.90 Å². The maximum atomic E-state index is 11.4. The molecule has 4 rings (SSSR count). The summed E-state index contributed by atoms with van der Waals surface area (Å²) in [5.74, 6) is 1.33. The van der Waals surface area contributed by atoms with Gasteiger partial charge >= 0.3 is 0 Å². The second kappa shape index (κ2) is 8.40. The Labute approximate surface area is 169 Å². The Morgan fingerprint density at radius 2 is 1.71 bits per heavy atom. The molecule has 0 atom stereocenters. The summed E-state index contributed by atoms with van der Waals surface area (Å²) in [4.78, 5) is 25.1. The molecule has 2 heterocycles. The number of nitrogens with zero attached hydrogens (tertiary/aromatic N) is 4. The van der Waals surface area contributed by atoms with E-state index in [1.807, 2.05) is 12.1 Å². The Morgan fingerprint density at radius 3 is 2.46 bits per heavy atom. The van der Waals surface area contributed by atoms with E-state index >= 15 is 0 Å². The fourth-order valence-corrected chi connectivity index (χ4v) is 3.53. The molecule has 0 radical (unpaired) electrons. The number of carbonyl (C=O) groups excluding carboxylic acids is 1. The van der Waals surface area contributed by atoms with Gasteiger partial charge in [0.25, 0.3) is 0 Å². The summed E-state index contributed by atoms with van der Waals surface area (Å²) < 4.78 is 0. The first-order valence-electron chi connectivity index (χ1n) is 9.36. The molecule has 5 nitrogen and oxygen atoms in total. The summed E-state index contributed by atoms with van der Waals surface area (Å²) in [6.07, 6.45) is 12.5. The molecule has 0 amide bonds. The zero-order valence-corrected chi connectivity index (χ0v) is 16.2. The van der Waals surface area contributed by atoms with Gasteiger partial charge in [-0.15, -0.1) is 0 Å². The minimum atomic E-state index is 0.387. The summed E-state index contributed by atoms with van der Waals surface area (Å²) in [6, 6.07) is 9.10. The average Bonchev–Trinajstić information content (AvgIpc) is 3.03. The van der Waals surface area contributed by atoms with Gasteiger partial charge in [-0.3, -0.25) is 4.79 Å². The van der Waals surface area contributed by atoms with E-state index in [2.05, 4.69) is 45.2 Å². The highest BCUT2D eigenvalue weighted by atomic mass is 35.5. The third-order valence-electron chi connectivity index (χ3n) is 4.90. The first-order valence-corrected chi connectivity index (χ1v) is 9.74. The fraction of sp³-hybridized carbons (Fsp3) is 0.227. The molecule has 2 aliphatic rings. The van der Waals surface area contributed by atoms with Crippen molar-refractivity contribution in [2.45, 2.75) is 6.42 Å². The Bertz CT molecular complexity index is 942. The first kappa shape index (κ1) is 18.4. The van der Waals surface area contributed by atoms with Crippen LogP contribution in [0.1, 0.15) is 16.9 Å². The van der Waals surface area contributed by atoms with E-state index < -0.39 is 0 Å². The molecule has 142 valence electrons. The van der Waals surface area contributed by atoms with Crippen molar-refractivity contribution in [2.24, 2.45) is 0 Å². The van der Waals surface area contributed by atoms with E-state index in [4.69, 9.17) is 16.6 Å². The number of rotatable bonds is 4. The summed E-state index contributed by atoms with van der Waals surface area (Å²) in [6.45, 7) is 3.50. The molecular formula is C22H21ClN4O. The molecule has 1 aliphatic heterocycles. The molecule has 1 aliphatic carbocycles. The predicted molar refractivity (Wildman–Crippen MR) is 113 cm³/mol. The Kier molecular flexibility index (Phi) is 5.53. The van der Waals surface area contributed by atoms with Crippen LogP contribution in [0.2, 0.25) is 5.02 Å². The first-order chi connectivity index (χ1) is 13.7. The number of hydrogen-bond donors (Lipinski definition) is 0. The predicted octanol–water partition coefficient (Wildman–Crippen LogP) is 4.13. The van der Waals surface area contributed by atoms with Crippen molar-refractivity contribution in [1.29, 1.82) is 0 Å². The molecule has 0 N–H and O–H groups in total. The Balaban J connectivity index is 1.53. The van der Waals surface area contributed by atoms with Crippen molar-refractivity contribution >= 4 is 23.7 Å². The van der Waals surface area contributed by atoms with E-state index in [9.17, 15) is 4.79 Å². The zero-order valence-electron chi connectivity index (χ0n) is 15.5. The van der Waals surface area contributed by atoms with Crippen molar-refractivity contribution < 1.29 is 4.79 Å². The van der Waals surface area contributed by atoms with Crippen molar-refractivity contribution in [3.05, 3.63) is 77.1 Å². The van der Waals surface area contributed by atoms with Crippen molar-refractivity contribution in [2.75, 3.05) is 31.1 Å². The molecule has 0 unspecified atom stereocenters. The maximum Gasteiger partial charge on any atom is 0.168 e. The number of piperazine rings is 1. The van der Waals surface area contributed by atoms with Crippen molar-refractivity contribution in [1.82, 2.24) is 14.9 Å². The molecule has 0 bridgehead atoms. The molecule has 1 aromatic carbocycles. The quantitative estimate of drug-likeness (QED) is 0.732. The minimum absolute atomic E-state index is 0.387. The molecule has 1 aromatic heterocycles. The number of aldehydes is 1. The van der Waals surface area contributed by atoms with Gasteiger partial charge in [-0.25, -0.2) is 9.97 Å². The molecule has 0 spiro atoms. The van der Waals surface area contributed by atoms with Crippen LogP contribution in [0.4, 0.5) is 5.82 Å². The number of benzene rings is 1. The van der Waals surface area contributed by atoms with Crippen molar-refractivity contribution in [3.63, 3.8) is 0 Å². The third-order valence-corrected chi connectivity index (χ3v) is 5.15. The van der Waals surface area contributed by atoms with E-state index in [-0.39, 0.29) is 0 Å². The maximum absolute atomic E-state index is 11.4. The van der Waals surface area contributed by atoms with E-state index in [1.54, 1.807) is 18.2 Å².